The van der Waals surface area contributed by atoms with Gasteiger partial charge in [-0.1, -0.05) is 37.6 Å². The number of carbonyl (C=O) groups is 3. The molecule has 0 fully saturated rings. The molecule has 0 heterocycles. The standard InChI is InChI=1S/C29H22O7/c1-3-5-19-21(29(34)36-18-11-9-15-12-17(35-2)10-8-16(15)13-18)14-23(31)26-25(19)27(32)20-6-4-7-22(30)24(20)28(26)33/h4,6-14,30-31H,3,5H2,1-2H3. The number of phenolic OH excluding ortho intramolecular Hbond substituents is 2. The molecule has 0 saturated heterocycles. The van der Waals surface area contributed by atoms with Gasteiger partial charge in [0.1, 0.15) is 23.0 Å². The maximum absolute atomic E-state index is 13.4. The molecule has 180 valence electrons. The minimum atomic E-state index is -0.758. The van der Waals surface area contributed by atoms with Crippen molar-refractivity contribution in [2.45, 2.75) is 19.8 Å². The first-order valence-corrected chi connectivity index (χ1v) is 11.4. The molecule has 4 aromatic carbocycles. The van der Waals surface area contributed by atoms with E-state index in [2.05, 4.69) is 0 Å². The third-order valence-corrected chi connectivity index (χ3v) is 6.33. The van der Waals surface area contributed by atoms with E-state index in [0.717, 1.165) is 16.8 Å². The lowest BCUT2D eigenvalue weighted by atomic mass is 9.78. The van der Waals surface area contributed by atoms with E-state index in [1.165, 1.54) is 18.2 Å². The highest BCUT2D eigenvalue weighted by atomic mass is 16.5. The van der Waals surface area contributed by atoms with Crippen LogP contribution in [0.1, 0.15) is 61.1 Å². The van der Waals surface area contributed by atoms with E-state index >= 15 is 0 Å². The van der Waals surface area contributed by atoms with Crippen molar-refractivity contribution in [3.63, 3.8) is 0 Å². The molecule has 0 radical (unpaired) electrons. The molecule has 0 aromatic heterocycles. The number of ketones is 2. The van der Waals surface area contributed by atoms with Crippen molar-refractivity contribution in [2.75, 3.05) is 7.11 Å². The average Bonchev–Trinajstić information content (AvgIpc) is 2.87. The van der Waals surface area contributed by atoms with E-state index in [9.17, 15) is 24.6 Å². The monoisotopic (exact) mass is 482 g/mol. The summed E-state index contributed by atoms with van der Waals surface area (Å²) >= 11 is 0. The molecule has 0 spiro atoms. The van der Waals surface area contributed by atoms with Gasteiger partial charge in [0.25, 0.3) is 0 Å². The SMILES string of the molecule is CCCc1c(C(=O)Oc2ccc3cc(OC)ccc3c2)cc(O)c2c1C(=O)c1cccc(O)c1C2=O. The number of rotatable bonds is 5. The number of esters is 1. The summed E-state index contributed by atoms with van der Waals surface area (Å²) < 4.78 is 10.9. The second-order valence-electron chi connectivity index (χ2n) is 8.54. The first-order chi connectivity index (χ1) is 17.3. The van der Waals surface area contributed by atoms with Crippen LogP contribution >= 0.6 is 0 Å². The molecule has 36 heavy (non-hydrogen) atoms. The van der Waals surface area contributed by atoms with Gasteiger partial charge < -0.3 is 19.7 Å². The number of phenols is 2. The molecule has 1 aliphatic carbocycles. The van der Waals surface area contributed by atoms with E-state index in [1.807, 2.05) is 19.1 Å². The lowest BCUT2D eigenvalue weighted by Crippen LogP contribution is -2.25. The van der Waals surface area contributed by atoms with E-state index in [0.29, 0.717) is 24.2 Å². The highest BCUT2D eigenvalue weighted by Gasteiger charge is 2.37. The number of methoxy groups -OCH3 is 1. The quantitative estimate of drug-likeness (QED) is 0.261. The van der Waals surface area contributed by atoms with Crippen LogP contribution in [0.3, 0.4) is 0 Å². The summed E-state index contributed by atoms with van der Waals surface area (Å²) in [6.07, 6.45) is 0.876. The highest BCUT2D eigenvalue weighted by Crippen LogP contribution is 2.40. The fourth-order valence-electron chi connectivity index (χ4n) is 4.66. The van der Waals surface area contributed by atoms with Crippen molar-refractivity contribution in [2.24, 2.45) is 0 Å². The van der Waals surface area contributed by atoms with Gasteiger partial charge in [-0.2, -0.15) is 0 Å². The molecule has 0 aliphatic heterocycles. The molecule has 0 saturated carbocycles. The second kappa shape index (κ2) is 8.85. The Balaban J connectivity index is 1.59. The van der Waals surface area contributed by atoms with Gasteiger partial charge in [0, 0.05) is 11.1 Å². The minimum Gasteiger partial charge on any atom is -0.507 e. The topological polar surface area (TPSA) is 110 Å². The Kier molecular flexibility index (Phi) is 5.68. The van der Waals surface area contributed by atoms with E-state index in [4.69, 9.17) is 9.47 Å². The summed E-state index contributed by atoms with van der Waals surface area (Å²) in [6.45, 7) is 1.88. The molecule has 0 amide bonds. The Bertz CT molecular complexity index is 1580. The largest absolute Gasteiger partial charge is 0.507 e. The van der Waals surface area contributed by atoms with Crippen LogP contribution in [0.15, 0.2) is 60.7 Å². The average molecular weight is 482 g/mol. The lowest BCUT2D eigenvalue weighted by Gasteiger charge is -2.23. The second-order valence-corrected chi connectivity index (χ2v) is 8.54. The number of aromatic hydroxyl groups is 2. The maximum atomic E-state index is 13.4. The zero-order valence-electron chi connectivity index (χ0n) is 19.6. The molecule has 7 heteroatoms. The summed E-state index contributed by atoms with van der Waals surface area (Å²) in [5.41, 5.74) is -0.0393. The van der Waals surface area contributed by atoms with Gasteiger partial charge >= 0.3 is 5.97 Å². The summed E-state index contributed by atoms with van der Waals surface area (Å²) in [5.74, 6) is -1.84. The Morgan fingerprint density at radius 2 is 1.50 bits per heavy atom. The third-order valence-electron chi connectivity index (χ3n) is 6.33. The number of benzene rings is 4. The molecule has 0 atom stereocenters. The zero-order chi connectivity index (χ0) is 25.6. The third kappa shape index (κ3) is 3.65. The summed E-state index contributed by atoms with van der Waals surface area (Å²) in [5, 5.41) is 22.7. The van der Waals surface area contributed by atoms with Crippen LogP contribution in [0, 0.1) is 0 Å². The van der Waals surface area contributed by atoms with Crippen molar-refractivity contribution in [1.29, 1.82) is 0 Å². The van der Waals surface area contributed by atoms with Gasteiger partial charge in [0.2, 0.25) is 5.78 Å². The molecule has 0 unspecified atom stereocenters. The van der Waals surface area contributed by atoms with Gasteiger partial charge in [-0.05, 0) is 59.2 Å². The smallest absolute Gasteiger partial charge is 0.343 e. The van der Waals surface area contributed by atoms with Gasteiger partial charge in [0.15, 0.2) is 5.78 Å². The van der Waals surface area contributed by atoms with E-state index in [1.54, 1.807) is 31.4 Å². The van der Waals surface area contributed by atoms with Gasteiger partial charge in [-0.3, -0.25) is 9.59 Å². The van der Waals surface area contributed by atoms with Crippen LogP contribution in [-0.4, -0.2) is 34.9 Å². The summed E-state index contributed by atoms with van der Waals surface area (Å²) in [6, 6.07) is 16.0. The van der Waals surface area contributed by atoms with E-state index < -0.39 is 23.3 Å². The van der Waals surface area contributed by atoms with Crippen LogP contribution in [0.5, 0.6) is 23.0 Å². The van der Waals surface area contributed by atoms with Crippen LogP contribution in [-0.2, 0) is 6.42 Å². The van der Waals surface area contributed by atoms with Crippen LogP contribution in [0.4, 0.5) is 0 Å². The molecule has 2 N–H and O–H groups in total. The Morgan fingerprint density at radius 1 is 0.806 bits per heavy atom. The van der Waals surface area contributed by atoms with Crippen LogP contribution in [0.25, 0.3) is 10.8 Å². The fraction of sp³-hybridized carbons (Fsp3) is 0.138. The Labute approximate surface area is 206 Å². The normalized spacial score (nSPS) is 12.3. The molecule has 4 aromatic rings. The molecule has 7 nitrogen and oxygen atoms in total. The van der Waals surface area contributed by atoms with Gasteiger partial charge in [-0.25, -0.2) is 4.79 Å². The van der Waals surface area contributed by atoms with Crippen molar-refractivity contribution in [1.82, 2.24) is 0 Å². The Morgan fingerprint density at radius 3 is 2.19 bits per heavy atom. The molecular formula is C29H22O7. The first kappa shape index (κ1) is 23.1. The summed E-state index contributed by atoms with van der Waals surface area (Å²) in [4.78, 5) is 39.9. The molecule has 1 aliphatic rings. The van der Waals surface area contributed by atoms with Gasteiger partial charge in [0.05, 0.1) is 23.8 Å². The molecule has 0 bridgehead atoms. The van der Waals surface area contributed by atoms with Crippen molar-refractivity contribution in [3.8, 4) is 23.0 Å². The lowest BCUT2D eigenvalue weighted by molar-refractivity contribution is 0.0732. The minimum absolute atomic E-state index is 0.00711. The van der Waals surface area contributed by atoms with Crippen molar-refractivity contribution < 1.29 is 34.1 Å². The van der Waals surface area contributed by atoms with Crippen molar-refractivity contribution >= 4 is 28.3 Å². The number of fused-ring (bicyclic) bond motifs is 3. The van der Waals surface area contributed by atoms with Crippen LogP contribution in [0.2, 0.25) is 0 Å². The highest BCUT2D eigenvalue weighted by molar-refractivity contribution is 6.31. The fourth-order valence-corrected chi connectivity index (χ4v) is 4.66. The number of carbonyl (C=O) groups excluding carboxylic acids is 3. The van der Waals surface area contributed by atoms with Crippen molar-refractivity contribution in [3.05, 3.63) is 94.0 Å². The maximum Gasteiger partial charge on any atom is 0.343 e. The van der Waals surface area contributed by atoms with E-state index in [-0.39, 0.29) is 39.3 Å². The summed E-state index contributed by atoms with van der Waals surface area (Å²) in [7, 11) is 1.58. The molecular weight excluding hydrogens is 460 g/mol. The zero-order valence-corrected chi connectivity index (χ0v) is 19.6. The number of ether oxygens (including phenoxy) is 2. The van der Waals surface area contributed by atoms with Gasteiger partial charge in [-0.15, -0.1) is 0 Å². The first-order valence-electron chi connectivity index (χ1n) is 11.4. The number of hydrogen-bond donors (Lipinski definition) is 2. The Hall–Kier alpha value is -4.65. The number of hydrogen-bond acceptors (Lipinski definition) is 7. The molecule has 5 rings (SSSR count). The van der Waals surface area contributed by atoms with Crippen LogP contribution < -0.4 is 9.47 Å². The predicted octanol–water partition coefficient (Wildman–Crippen LogP) is 5.21. The predicted molar refractivity (Wildman–Crippen MR) is 133 cm³/mol.